The van der Waals surface area contributed by atoms with E-state index in [1.807, 2.05) is 5.38 Å². The molecule has 0 aliphatic heterocycles. The van der Waals surface area contributed by atoms with Crippen LogP contribution < -0.4 is 11.1 Å². The highest BCUT2D eigenvalue weighted by Gasteiger charge is 2.37. The summed E-state index contributed by atoms with van der Waals surface area (Å²) in [5.74, 6) is 0.652. The Balaban J connectivity index is 0.00000162. The number of nitrogens with two attached hydrogens (primary N) is 1. The van der Waals surface area contributed by atoms with E-state index in [1.165, 1.54) is 24.2 Å². The molecule has 2 unspecified atom stereocenters. The van der Waals surface area contributed by atoms with Crippen LogP contribution in [0, 0.1) is 5.92 Å². The Kier molecular flexibility index (Phi) is 6.05. The fourth-order valence-corrected chi connectivity index (χ4v) is 2.80. The molecule has 1 amide bonds. The van der Waals surface area contributed by atoms with Gasteiger partial charge in [0.1, 0.15) is 5.69 Å². The molecule has 1 aliphatic carbocycles. The number of nitrogens with zero attached hydrogens (tertiary/aromatic N) is 1. The van der Waals surface area contributed by atoms with E-state index in [0.29, 0.717) is 24.2 Å². The zero-order valence-corrected chi connectivity index (χ0v) is 12.1. The fraction of sp³-hybridized carbons (Fsp3) is 0.667. The number of aromatic nitrogens is 1. The van der Waals surface area contributed by atoms with Gasteiger partial charge < -0.3 is 11.1 Å². The smallest absolute Gasteiger partial charge is 0.270 e. The van der Waals surface area contributed by atoms with Gasteiger partial charge in [-0.1, -0.05) is 13.3 Å². The second kappa shape index (κ2) is 7.07. The molecule has 18 heavy (non-hydrogen) atoms. The maximum absolute atomic E-state index is 11.9. The number of hydrogen-bond acceptors (Lipinski definition) is 4. The molecule has 4 nitrogen and oxygen atoms in total. The van der Waals surface area contributed by atoms with Crippen LogP contribution in [0.1, 0.15) is 41.7 Å². The predicted octanol–water partition coefficient (Wildman–Crippen LogP) is 1.98. The zero-order valence-electron chi connectivity index (χ0n) is 10.5. The molecule has 0 saturated heterocycles. The summed E-state index contributed by atoms with van der Waals surface area (Å²) in [5, 5.41) is 5.79. The molecule has 0 radical (unpaired) electrons. The number of hydrogen-bond donors (Lipinski definition) is 2. The van der Waals surface area contributed by atoms with E-state index >= 15 is 0 Å². The molecule has 2 atom stereocenters. The molecule has 0 aromatic carbocycles. The molecule has 1 aromatic rings. The van der Waals surface area contributed by atoms with Crippen LogP contribution in [0.2, 0.25) is 0 Å². The summed E-state index contributed by atoms with van der Waals surface area (Å²) in [6.45, 7) is 2.76. The van der Waals surface area contributed by atoms with Gasteiger partial charge in [-0.05, 0) is 25.3 Å². The van der Waals surface area contributed by atoms with Crippen LogP contribution in [0.3, 0.4) is 0 Å². The molecule has 0 bridgehead atoms. The molecular weight excluding hydrogens is 270 g/mol. The van der Waals surface area contributed by atoms with E-state index in [4.69, 9.17) is 5.73 Å². The van der Waals surface area contributed by atoms with Crippen LogP contribution in [0.5, 0.6) is 0 Å². The van der Waals surface area contributed by atoms with Crippen LogP contribution >= 0.6 is 23.7 Å². The highest BCUT2D eigenvalue weighted by molar-refractivity contribution is 7.09. The van der Waals surface area contributed by atoms with E-state index in [2.05, 4.69) is 17.2 Å². The van der Waals surface area contributed by atoms with Crippen LogP contribution in [0.15, 0.2) is 5.38 Å². The molecule has 1 aromatic heterocycles. The van der Waals surface area contributed by atoms with Gasteiger partial charge in [0.25, 0.3) is 5.91 Å². The first kappa shape index (κ1) is 15.4. The van der Waals surface area contributed by atoms with Crippen molar-refractivity contribution in [2.24, 2.45) is 11.7 Å². The van der Waals surface area contributed by atoms with Crippen molar-refractivity contribution >= 4 is 29.7 Å². The summed E-state index contributed by atoms with van der Waals surface area (Å²) in [7, 11) is 0. The van der Waals surface area contributed by atoms with Crippen molar-refractivity contribution in [3.63, 3.8) is 0 Å². The largest absolute Gasteiger partial charge is 0.348 e. The summed E-state index contributed by atoms with van der Waals surface area (Å²) in [5.41, 5.74) is 6.00. The van der Waals surface area contributed by atoms with Gasteiger partial charge in [0.05, 0.1) is 5.01 Å². The summed E-state index contributed by atoms with van der Waals surface area (Å²) in [4.78, 5) is 16.1. The van der Waals surface area contributed by atoms with Crippen molar-refractivity contribution in [3.05, 3.63) is 16.1 Å². The van der Waals surface area contributed by atoms with Gasteiger partial charge >= 0.3 is 0 Å². The molecule has 102 valence electrons. The van der Waals surface area contributed by atoms with Gasteiger partial charge in [0, 0.05) is 17.8 Å². The number of carbonyl (C=O) groups is 1. The minimum atomic E-state index is -0.0341. The molecule has 3 N–H and O–H groups in total. The normalized spacial score (nSPS) is 21.2. The maximum Gasteiger partial charge on any atom is 0.270 e. The first-order valence-electron chi connectivity index (χ1n) is 6.20. The molecule has 1 heterocycles. The Hall–Kier alpha value is -0.650. The fourth-order valence-electron chi connectivity index (χ4n) is 2.01. The van der Waals surface area contributed by atoms with Crippen LogP contribution in [0.25, 0.3) is 0 Å². The second-order valence-electron chi connectivity index (χ2n) is 4.53. The molecule has 1 aliphatic rings. The predicted molar refractivity (Wildman–Crippen MR) is 76.4 cm³/mol. The lowest BCUT2D eigenvalue weighted by Gasteiger charge is -2.01. The maximum atomic E-state index is 11.9. The third-order valence-electron chi connectivity index (χ3n) is 3.04. The SMILES string of the molecule is CCCC1CC1NC(=O)c1csc(CCN)n1.Cl. The molecule has 1 fully saturated rings. The van der Waals surface area contributed by atoms with Gasteiger partial charge in [-0.3, -0.25) is 4.79 Å². The number of nitrogens with one attached hydrogen (secondary N) is 1. The van der Waals surface area contributed by atoms with Gasteiger partial charge in [-0.2, -0.15) is 0 Å². The van der Waals surface area contributed by atoms with Gasteiger partial charge in [0.2, 0.25) is 0 Å². The summed E-state index contributed by atoms with van der Waals surface area (Å²) >= 11 is 1.51. The van der Waals surface area contributed by atoms with Crippen molar-refractivity contribution in [2.75, 3.05) is 6.54 Å². The number of amides is 1. The number of rotatable bonds is 6. The van der Waals surface area contributed by atoms with E-state index in [1.54, 1.807) is 0 Å². The van der Waals surface area contributed by atoms with Gasteiger partial charge in [-0.15, -0.1) is 23.7 Å². The lowest BCUT2D eigenvalue weighted by Crippen LogP contribution is -2.27. The van der Waals surface area contributed by atoms with Crippen LogP contribution in [-0.4, -0.2) is 23.5 Å². The molecule has 0 spiro atoms. The van der Waals surface area contributed by atoms with E-state index < -0.39 is 0 Å². The van der Waals surface area contributed by atoms with E-state index in [-0.39, 0.29) is 18.3 Å². The second-order valence-corrected chi connectivity index (χ2v) is 5.47. The number of halogens is 1. The standard InChI is InChI=1S/C12H19N3OS.ClH/c1-2-3-8-6-9(8)15-12(16)10-7-17-11(14-10)4-5-13;/h7-9H,2-6,13H2,1H3,(H,15,16);1H. The summed E-state index contributed by atoms with van der Waals surface area (Å²) in [6.07, 6.45) is 4.27. The lowest BCUT2D eigenvalue weighted by molar-refractivity contribution is 0.0944. The highest BCUT2D eigenvalue weighted by Crippen LogP contribution is 2.34. The Bertz CT molecular complexity index is 396. The number of thiazole rings is 1. The highest BCUT2D eigenvalue weighted by atomic mass is 35.5. The minimum absolute atomic E-state index is 0. The average molecular weight is 290 g/mol. The lowest BCUT2D eigenvalue weighted by atomic mass is 10.2. The third-order valence-corrected chi connectivity index (χ3v) is 3.95. The third kappa shape index (κ3) is 3.93. The first-order valence-corrected chi connectivity index (χ1v) is 7.08. The first-order chi connectivity index (χ1) is 8.24. The van der Waals surface area contributed by atoms with Crippen molar-refractivity contribution in [2.45, 2.75) is 38.6 Å². The van der Waals surface area contributed by atoms with Crippen molar-refractivity contribution in [1.29, 1.82) is 0 Å². The Labute approximate surface area is 118 Å². The Morgan fingerprint density at radius 1 is 1.67 bits per heavy atom. The molecule has 6 heteroatoms. The Morgan fingerprint density at radius 3 is 3.11 bits per heavy atom. The molecular formula is C12H20ClN3OS. The van der Waals surface area contributed by atoms with Crippen molar-refractivity contribution in [3.8, 4) is 0 Å². The van der Waals surface area contributed by atoms with Gasteiger partial charge in [0.15, 0.2) is 0 Å². The van der Waals surface area contributed by atoms with E-state index in [0.717, 1.165) is 17.8 Å². The van der Waals surface area contributed by atoms with Gasteiger partial charge in [-0.25, -0.2) is 4.98 Å². The topological polar surface area (TPSA) is 68.0 Å². The van der Waals surface area contributed by atoms with E-state index in [9.17, 15) is 4.79 Å². The quantitative estimate of drug-likeness (QED) is 0.841. The number of carbonyl (C=O) groups excluding carboxylic acids is 1. The average Bonchev–Trinajstić information content (AvgIpc) is 2.86. The summed E-state index contributed by atoms with van der Waals surface area (Å²) in [6, 6.07) is 0.377. The van der Waals surface area contributed by atoms with Crippen LogP contribution in [-0.2, 0) is 6.42 Å². The minimum Gasteiger partial charge on any atom is -0.348 e. The summed E-state index contributed by atoms with van der Waals surface area (Å²) < 4.78 is 0. The Morgan fingerprint density at radius 2 is 2.44 bits per heavy atom. The van der Waals surface area contributed by atoms with Crippen molar-refractivity contribution < 1.29 is 4.79 Å². The zero-order chi connectivity index (χ0) is 12.3. The van der Waals surface area contributed by atoms with Crippen LogP contribution in [0.4, 0.5) is 0 Å². The monoisotopic (exact) mass is 289 g/mol. The van der Waals surface area contributed by atoms with Crippen molar-refractivity contribution in [1.82, 2.24) is 10.3 Å². The molecule has 2 rings (SSSR count). The molecule has 1 saturated carbocycles.